The van der Waals surface area contributed by atoms with Gasteiger partial charge in [0.1, 0.15) is 5.82 Å². The number of carbonyl (C=O) groups is 1. The van der Waals surface area contributed by atoms with E-state index in [1.807, 2.05) is 0 Å². The average molecular weight is 278 g/mol. The van der Waals surface area contributed by atoms with E-state index in [-0.39, 0.29) is 17.5 Å². The van der Waals surface area contributed by atoms with Crippen LogP contribution in [0.5, 0.6) is 0 Å². The number of benzene rings is 1. The zero-order valence-electron chi connectivity index (χ0n) is 12.0. The highest BCUT2D eigenvalue weighted by atomic mass is 19.1. The first-order valence-corrected chi connectivity index (χ1v) is 7.46. The molecule has 4 heteroatoms. The highest BCUT2D eigenvalue weighted by Gasteiger charge is 2.22. The van der Waals surface area contributed by atoms with E-state index in [0.29, 0.717) is 5.69 Å². The van der Waals surface area contributed by atoms with Crippen LogP contribution >= 0.6 is 0 Å². The SMILES string of the molecule is CCCC1CCC(NC(=O)c2cc(F)ccc2N)CC1. The van der Waals surface area contributed by atoms with Crippen molar-refractivity contribution in [2.45, 2.75) is 51.5 Å². The van der Waals surface area contributed by atoms with Crippen LogP contribution < -0.4 is 11.1 Å². The zero-order valence-corrected chi connectivity index (χ0v) is 12.0. The Balaban J connectivity index is 1.91. The second kappa shape index (κ2) is 6.73. The number of halogens is 1. The topological polar surface area (TPSA) is 55.1 Å². The molecule has 0 spiro atoms. The van der Waals surface area contributed by atoms with Gasteiger partial charge in [0.25, 0.3) is 5.91 Å². The van der Waals surface area contributed by atoms with E-state index < -0.39 is 5.82 Å². The maximum absolute atomic E-state index is 13.2. The van der Waals surface area contributed by atoms with Crippen LogP contribution in [0.3, 0.4) is 0 Å². The van der Waals surface area contributed by atoms with Crippen LogP contribution in [0, 0.1) is 11.7 Å². The van der Waals surface area contributed by atoms with Crippen LogP contribution in [0.4, 0.5) is 10.1 Å². The fourth-order valence-corrected chi connectivity index (χ4v) is 2.99. The minimum absolute atomic E-state index is 0.193. The molecule has 1 aliphatic carbocycles. The van der Waals surface area contributed by atoms with Crippen LogP contribution in [0.2, 0.25) is 0 Å². The predicted molar refractivity (Wildman–Crippen MR) is 78.9 cm³/mol. The summed E-state index contributed by atoms with van der Waals surface area (Å²) < 4.78 is 13.2. The molecule has 0 bridgehead atoms. The van der Waals surface area contributed by atoms with Crippen molar-refractivity contribution in [3.63, 3.8) is 0 Å². The number of anilines is 1. The first-order valence-electron chi connectivity index (χ1n) is 7.46. The van der Waals surface area contributed by atoms with Crippen molar-refractivity contribution >= 4 is 11.6 Å². The molecule has 0 heterocycles. The molecule has 3 nitrogen and oxygen atoms in total. The van der Waals surface area contributed by atoms with Crippen LogP contribution in [0.1, 0.15) is 55.8 Å². The average Bonchev–Trinajstić information content (AvgIpc) is 2.44. The Morgan fingerprint density at radius 2 is 2.05 bits per heavy atom. The Hall–Kier alpha value is -1.58. The molecule has 1 aromatic carbocycles. The molecule has 1 aliphatic rings. The highest BCUT2D eigenvalue weighted by molar-refractivity contribution is 5.99. The molecule has 1 saturated carbocycles. The Kier molecular flexibility index (Phi) is 4.99. The van der Waals surface area contributed by atoms with Crippen molar-refractivity contribution in [2.24, 2.45) is 5.92 Å². The van der Waals surface area contributed by atoms with E-state index in [1.54, 1.807) is 0 Å². The van der Waals surface area contributed by atoms with Gasteiger partial charge in [0.15, 0.2) is 0 Å². The van der Waals surface area contributed by atoms with Gasteiger partial charge in [-0.2, -0.15) is 0 Å². The van der Waals surface area contributed by atoms with Crippen LogP contribution in [-0.2, 0) is 0 Å². The van der Waals surface area contributed by atoms with E-state index in [0.717, 1.165) is 31.6 Å². The largest absolute Gasteiger partial charge is 0.398 e. The fraction of sp³-hybridized carbons (Fsp3) is 0.562. The molecule has 0 aliphatic heterocycles. The standard InChI is InChI=1S/C16H23FN2O/c1-2-3-11-4-7-13(8-5-11)19-16(20)14-10-12(17)6-9-15(14)18/h6,9-11,13H,2-5,7-8,18H2,1H3,(H,19,20). The zero-order chi connectivity index (χ0) is 14.5. The lowest BCUT2D eigenvalue weighted by Gasteiger charge is -2.29. The van der Waals surface area contributed by atoms with Crippen molar-refractivity contribution in [3.8, 4) is 0 Å². The molecular formula is C16H23FN2O. The lowest BCUT2D eigenvalue weighted by Crippen LogP contribution is -2.38. The second-order valence-electron chi connectivity index (χ2n) is 5.71. The maximum atomic E-state index is 13.2. The van der Waals surface area contributed by atoms with Crippen molar-refractivity contribution in [3.05, 3.63) is 29.6 Å². The summed E-state index contributed by atoms with van der Waals surface area (Å²) in [6.07, 6.45) is 6.84. The van der Waals surface area contributed by atoms with Crippen molar-refractivity contribution in [1.82, 2.24) is 5.32 Å². The molecule has 0 atom stereocenters. The quantitative estimate of drug-likeness (QED) is 0.828. The van der Waals surface area contributed by atoms with Gasteiger partial charge in [-0.1, -0.05) is 19.8 Å². The van der Waals surface area contributed by atoms with Gasteiger partial charge in [-0.3, -0.25) is 4.79 Å². The van der Waals surface area contributed by atoms with E-state index in [1.165, 1.54) is 31.0 Å². The van der Waals surface area contributed by atoms with Gasteiger partial charge in [0.05, 0.1) is 5.56 Å². The Morgan fingerprint density at radius 3 is 2.70 bits per heavy atom. The first kappa shape index (κ1) is 14.8. The van der Waals surface area contributed by atoms with Gasteiger partial charge in [0.2, 0.25) is 0 Å². The molecule has 0 saturated heterocycles. The van der Waals surface area contributed by atoms with Crippen molar-refractivity contribution in [2.75, 3.05) is 5.73 Å². The third-order valence-corrected chi connectivity index (χ3v) is 4.14. The number of nitrogen functional groups attached to an aromatic ring is 1. The maximum Gasteiger partial charge on any atom is 0.253 e. The summed E-state index contributed by atoms with van der Waals surface area (Å²) >= 11 is 0. The third kappa shape index (κ3) is 3.71. The molecule has 0 radical (unpaired) electrons. The lowest BCUT2D eigenvalue weighted by atomic mass is 9.83. The van der Waals surface area contributed by atoms with E-state index in [4.69, 9.17) is 5.73 Å². The Labute approximate surface area is 119 Å². The van der Waals surface area contributed by atoms with E-state index >= 15 is 0 Å². The number of nitrogens with two attached hydrogens (primary N) is 1. The van der Waals surface area contributed by atoms with E-state index in [9.17, 15) is 9.18 Å². The van der Waals surface area contributed by atoms with Gasteiger partial charge in [-0.25, -0.2) is 4.39 Å². The number of nitrogens with one attached hydrogen (secondary N) is 1. The molecule has 0 unspecified atom stereocenters. The number of hydrogen-bond acceptors (Lipinski definition) is 2. The predicted octanol–water partition coefficient (Wildman–Crippen LogP) is 3.50. The van der Waals surface area contributed by atoms with Crippen molar-refractivity contribution < 1.29 is 9.18 Å². The molecule has 0 aromatic heterocycles. The van der Waals surface area contributed by atoms with Gasteiger partial charge in [0, 0.05) is 11.7 Å². The summed E-state index contributed by atoms with van der Waals surface area (Å²) in [6, 6.07) is 4.09. The molecule has 1 aromatic rings. The van der Waals surface area contributed by atoms with Crippen LogP contribution in [-0.4, -0.2) is 11.9 Å². The minimum Gasteiger partial charge on any atom is -0.398 e. The molecule has 1 fully saturated rings. The number of rotatable bonds is 4. The minimum atomic E-state index is -0.434. The summed E-state index contributed by atoms with van der Waals surface area (Å²) in [5.74, 6) is 0.101. The Morgan fingerprint density at radius 1 is 1.35 bits per heavy atom. The van der Waals surface area contributed by atoms with Crippen LogP contribution in [0.25, 0.3) is 0 Å². The lowest BCUT2D eigenvalue weighted by molar-refractivity contribution is 0.0921. The summed E-state index contributed by atoms with van der Waals surface area (Å²) in [5, 5.41) is 2.98. The normalized spacial score (nSPS) is 22.5. The first-order chi connectivity index (χ1) is 9.60. The third-order valence-electron chi connectivity index (χ3n) is 4.14. The number of hydrogen-bond donors (Lipinski definition) is 2. The highest BCUT2D eigenvalue weighted by Crippen LogP contribution is 2.28. The van der Waals surface area contributed by atoms with Gasteiger partial charge >= 0.3 is 0 Å². The van der Waals surface area contributed by atoms with Gasteiger partial charge < -0.3 is 11.1 Å². The van der Waals surface area contributed by atoms with E-state index in [2.05, 4.69) is 12.2 Å². The van der Waals surface area contributed by atoms with Crippen LogP contribution in [0.15, 0.2) is 18.2 Å². The van der Waals surface area contributed by atoms with Gasteiger partial charge in [-0.15, -0.1) is 0 Å². The van der Waals surface area contributed by atoms with Gasteiger partial charge in [-0.05, 0) is 49.8 Å². The molecular weight excluding hydrogens is 255 g/mol. The summed E-state index contributed by atoms with van der Waals surface area (Å²) in [6.45, 7) is 2.21. The molecule has 1 amide bonds. The molecule has 20 heavy (non-hydrogen) atoms. The monoisotopic (exact) mass is 278 g/mol. The molecule has 2 rings (SSSR count). The summed E-state index contributed by atoms with van der Waals surface area (Å²) in [7, 11) is 0. The summed E-state index contributed by atoms with van der Waals surface area (Å²) in [5.41, 5.74) is 6.29. The smallest absolute Gasteiger partial charge is 0.253 e. The van der Waals surface area contributed by atoms with Crippen molar-refractivity contribution in [1.29, 1.82) is 0 Å². The fourth-order valence-electron chi connectivity index (χ4n) is 2.99. The summed E-state index contributed by atoms with van der Waals surface area (Å²) in [4.78, 5) is 12.1. The number of amides is 1. The Bertz CT molecular complexity index is 468. The number of carbonyl (C=O) groups excluding carboxylic acids is 1. The second-order valence-corrected chi connectivity index (χ2v) is 5.71. The molecule has 110 valence electrons. The molecule has 3 N–H and O–H groups in total.